The van der Waals surface area contributed by atoms with E-state index in [1.54, 1.807) is 7.11 Å². The van der Waals surface area contributed by atoms with Crippen LogP contribution < -0.4 is 4.74 Å². The fraction of sp³-hybridized carbons (Fsp3) is 0.739. The summed E-state index contributed by atoms with van der Waals surface area (Å²) < 4.78 is 10.9. The van der Waals surface area contributed by atoms with Crippen molar-refractivity contribution < 1.29 is 9.47 Å². The number of methoxy groups -OCH3 is 2. The minimum absolute atomic E-state index is 0.734. The van der Waals surface area contributed by atoms with Gasteiger partial charge in [0, 0.05) is 38.3 Å². The molecule has 2 fully saturated rings. The van der Waals surface area contributed by atoms with Gasteiger partial charge in [0.1, 0.15) is 5.75 Å². The monoisotopic (exact) mass is 389 g/mol. The third-order valence-corrected chi connectivity index (χ3v) is 6.57. The van der Waals surface area contributed by atoms with Crippen LogP contribution in [0.4, 0.5) is 0 Å². The van der Waals surface area contributed by atoms with E-state index in [2.05, 4.69) is 39.9 Å². The zero-order valence-corrected chi connectivity index (χ0v) is 18.1. The van der Waals surface area contributed by atoms with Crippen LogP contribution >= 0.6 is 0 Å². The van der Waals surface area contributed by atoms with Crippen LogP contribution in [0.15, 0.2) is 24.3 Å². The topological polar surface area (TPSA) is 28.2 Å². The Balaban J connectivity index is 1.48. The molecule has 0 spiro atoms. The van der Waals surface area contributed by atoms with Crippen molar-refractivity contribution in [3.8, 4) is 5.75 Å². The van der Waals surface area contributed by atoms with Crippen LogP contribution in [-0.4, -0.2) is 87.9 Å². The van der Waals surface area contributed by atoms with Crippen LogP contribution in [0.3, 0.4) is 0 Å². The lowest BCUT2D eigenvalue weighted by atomic mass is 9.94. The van der Waals surface area contributed by atoms with Crippen LogP contribution in [0.25, 0.3) is 0 Å². The van der Waals surface area contributed by atoms with Crippen molar-refractivity contribution in [2.75, 3.05) is 67.1 Å². The van der Waals surface area contributed by atoms with E-state index in [9.17, 15) is 0 Å². The maximum atomic E-state index is 5.52. The Morgan fingerprint density at radius 3 is 2.39 bits per heavy atom. The number of benzene rings is 1. The van der Waals surface area contributed by atoms with Crippen molar-refractivity contribution in [1.29, 1.82) is 0 Å². The predicted octanol–water partition coefficient (Wildman–Crippen LogP) is 2.95. The van der Waals surface area contributed by atoms with Crippen molar-refractivity contribution in [3.05, 3.63) is 29.8 Å². The van der Waals surface area contributed by atoms with Gasteiger partial charge in [0.15, 0.2) is 0 Å². The number of ether oxygens (including phenoxy) is 2. The molecule has 0 aromatic heterocycles. The van der Waals surface area contributed by atoms with Gasteiger partial charge in [-0.15, -0.1) is 0 Å². The number of nitrogens with zero attached hydrogens (tertiary/aromatic N) is 3. The van der Waals surface area contributed by atoms with Crippen molar-refractivity contribution in [2.24, 2.45) is 5.92 Å². The Kier molecular flexibility index (Phi) is 8.59. The summed E-state index contributed by atoms with van der Waals surface area (Å²) in [4.78, 5) is 7.78. The molecule has 0 amide bonds. The third-order valence-electron chi connectivity index (χ3n) is 6.57. The summed E-state index contributed by atoms with van der Waals surface area (Å²) in [6.07, 6.45) is 5.19. The highest BCUT2D eigenvalue weighted by atomic mass is 16.5. The van der Waals surface area contributed by atoms with Gasteiger partial charge in [0.2, 0.25) is 0 Å². The van der Waals surface area contributed by atoms with Gasteiger partial charge in [-0.3, -0.25) is 9.80 Å². The first kappa shape index (κ1) is 21.6. The molecule has 0 unspecified atom stereocenters. The lowest BCUT2D eigenvalue weighted by Gasteiger charge is -2.40. The van der Waals surface area contributed by atoms with E-state index in [1.807, 2.05) is 13.2 Å². The van der Waals surface area contributed by atoms with E-state index in [0.29, 0.717) is 0 Å². The number of piperidine rings is 2. The van der Waals surface area contributed by atoms with Gasteiger partial charge < -0.3 is 14.4 Å². The second kappa shape index (κ2) is 11.1. The van der Waals surface area contributed by atoms with Crippen molar-refractivity contribution >= 4 is 0 Å². The van der Waals surface area contributed by atoms with E-state index in [0.717, 1.165) is 37.4 Å². The van der Waals surface area contributed by atoms with E-state index in [-0.39, 0.29) is 0 Å². The first-order chi connectivity index (χ1) is 13.7. The first-order valence-corrected chi connectivity index (χ1v) is 11.0. The molecule has 28 heavy (non-hydrogen) atoms. The second-order valence-corrected chi connectivity index (χ2v) is 8.55. The van der Waals surface area contributed by atoms with Gasteiger partial charge in [-0.25, -0.2) is 0 Å². The van der Waals surface area contributed by atoms with Gasteiger partial charge >= 0.3 is 0 Å². The molecule has 3 rings (SSSR count). The maximum Gasteiger partial charge on any atom is 0.123 e. The molecule has 0 atom stereocenters. The van der Waals surface area contributed by atoms with Gasteiger partial charge in [-0.05, 0) is 70.9 Å². The molecule has 158 valence electrons. The summed E-state index contributed by atoms with van der Waals surface area (Å²) in [5.74, 6) is 1.82. The highest BCUT2D eigenvalue weighted by molar-refractivity contribution is 5.33. The fourth-order valence-corrected chi connectivity index (χ4v) is 4.72. The van der Waals surface area contributed by atoms with Crippen LogP contribution in [0.1, 0.15) is 31.2 Å². The summed E-state index contributed by atoms with van der Waals surface area (Å²) >= 11 is 0. The molecule has 5 nitrogen and oxygen atoms in total. The molecule has 2 aliphatic rings. The van der Waals surface area contributed by atoms with Gasteiger partial charge in [-0.1, -0.05) is 18.2 Å². The molecule has 0 saturated carbocycles. The molecule has 1 aromatic rings. The number of para-hydroxylation sites is 1. The SMILES string of the molecule is COCCN(CC1CCN(Cc2ccccc2OC)CC1)C1CCN(C)CC1. The molecule has 0 N–H and O–H groups in total. The van der Waals surface area contributed by atoms with Crippen molar-refractivity contribution in [1.82, 2.24) is 14.7 Å². The second-order valence-electron chi connectivity index (χ2n) is 8.55. The Morgan fingerprint density at radius 2 is 1.71 bits per heavy atom. The molecule has 2 aliphatic heterocycles. The fourth-order valence-electron chi connectivity index (χ4n) is 4.72. The smallest absolute Gasteiger partial charge is 0.123 e. The van der Waals surface area contributed by atoms with Gasteiger partial charge in [-0.2, -0.15) is 0 Å². The lowest BCUT2D eigenvalue weighted by molar-refractivity contribution is 0.0592. The highest BCUT2D eigenvalue weighted by Gasteiger charge is 2.27. The summed E-state index contributed by atoms with van der Waals surface area (Å²) in [6.45, 7) is 8.99. The predicted molar refractivity (Wildman–Crippen MR) is 115 cm³/mol. The molecule has 0 aliphatic carbocycles. The minimum atomic E-state index is 0.734. The molecule has 0 bridgehead atoms. The minimum Gasteiger partial charge on any atom is -0.496 e. The van der Waals surface area contributed by atoms with Crippen LogP contribution in [0.5, 0.6) is 5.75 Å². The average molecular weight is 390 g/mol. The number of likely N-dealkylation sites (tertiary alicyclic amines) is 2. The Bertz CT molecular complexity index is 567. The third kappa shape index (κ3) is 6.18. The lowest BCUT2D eigenvalue weighted by Crippen LogP contribution is -2.48. The van der Waals surface area contributed by atoms with E-state index in [1.165, 1.54) is 64.0 Å². The first-order valence-electron chi connectivity index (χ1n) is 11.0. The van der Waals surface area contributed by atoms with Gasteiger partial charge in [0.05, 0.1) is 13.7 Å². The summed E-state index contributed by atoms with van der Waals surface area (Å²) in [7, 11) is 5.83. The zero-order valence-electron chi connectivity index (χ0n) is 18.1. The van der Waals surface area contributed by atoms with Gasteiger partial charge in [0.25, 0.3) is 0 Å². The molecule has 5 heteroatoms. The van der Waals surface area contributed by atoms with Crippen LogP contribution in [0, 0.1) is 5.92 Å². The van der Waals surface area contributed by atoms with E-state index >= 15 is 0 Å². The number of hydrogen-bond donors (Lipinski definition) is 0. The highest BCUT2D eigenvalue weighted by Crippen LogP contribution is 2.25. The quantitative estimate of drug-likeness (QED) is 0.648. The summed E-state index contributed by atoms with van der Waals surface area (Å²) in [6, 6.07) is 9.15. The average Bonchev–Trinajstić information content (AvgIpc) is 2.73. The Hall–Kier alpha value is -1.14. The standard InChI is InChI=1S/C23H39N3O2/c1-24-12-10-22(11-13-24)26(16-17-27-2)18-20-8-14-25(15-9-20)19-21-6-4-5-7-23(21)28-3/h4-7,20,22H,8-19H2,1-3H3. The Labute approximate surface area is 171 Å². The van der Waals surface area contributed by atoms with E-state index in [4.69, 9.17) is 9.47 Å². The van der Waals surface area contributed by atoms with E-state index < -0.39 is 0 Å². The molecular formula is C23H39N3O2. The van der Waals surface area contributed by atoms with Crippen LogP contribution in [0.2, 0.25) is 0 Å². The largest absolute Gasteiger partial charge is 0.496 e. The number of hydrogen-bond acceptors (Lipinski definition) is 5. The molecule has 2 heterocycles. The molecule has 0 radical (unpaired) electrons. The van der Waals surface area contributed by atoms with Crippen LogP contribution in [-0.2, 0) is 11.3 Å². The van der Waals surface area contributed by atoms with Crippen molar-refractivity contribution in [2.45, 2.75) is 38.3 Å². The maximum absolute atomic E-state index is 5.52. The van der Waals surface area contributed by atoms with Crippen molar-refractivity contribution in [3.63, 3.8) is 0 Å². The molecule has 2 saturated heterocycles. The normalized spacial score (nSPS) is 20.7. The summed E-state index contributed by atoms with van der Waals surface area (Å²) in [5, 5.41) is 0. The molecular weight excluding hydrogens is 350 g/mol. The Morgan fingerprint density at radius 1 is 1.00 bits per heavy atom. The molecule has 1 aromatic carbocycles. The number of rotatable bonds is 9. The zero-order chi connectivity index (χ0) is 19.8. The summed E-state index contributed by atoms with van der Waals surface area (Å²) in [5.41, 5.74) is 1.30.